The third-order valence-corrected chi connectivity index (χ3v) is 8.69. The number of thiocarbonyl (C=S) groups is 1. The maximum Gasteiger partial charge on any atom is 0.332 e. The highest BCUT2D eigenvalue weighted by Gasteiger charge is 2.62. The monoisotopic (exact) mass is 571 g/mol. The van der Waals surface area contributed by atoms with Crippen LogP contribution in [0.3, 0.4) is 0 Å². The molecular formula is C27H33N5O5S2. The van der Waals surface area contributed by atoms with Gasteiger partial charge in [0.15, 0.2) is 5.11 Å². The Kier molecular flexibility index (Phi) is 8.03. The third kappa shape index (κ3) is 5.86. The number of thiazole rings is 1. The van der Waals surface area contributed by atoms with E-state index in [1.165, 1.54) is 23.3 Å². The van der Waals surface area contributed by atoms with Crippen LogP contribution in [-0.4, -0.2) is 70.2 Å². The molecule has 1 aromatic heterocycles. The summed E-state index contributed by atoms with van der Waals surface area (Å²) < 4.78 is 12.3. The zero-order valence-corrected chi connectivity index (χ0v) is 23.4. The number of fused-ring (bicyclic) bond motifs is 3. The molecule has 5 atom stereocenters. The van der Waals surface area contributed by atoms with E-state index in [0.29, 0.717) is 18.0 Å². The summed E-state index contributed by atoms with van der Waals surface area (Å²) >= 11 is 6.48. The van der Waals surface area contributed by atoms with Crippen molar-refractivity contribution >= 4 is 56.7 Å². The quantitative estimate of drug-likeness (QED) is 0.287. The van der Waals surface area contributed by atoms with Gasteiger partial charge in [0.25, 0.3) is 5.19 Å². The first kappa shape index (κ1) is 27.3. The smallest absolute Gasteiger partial charge is 0.332 e. The molecule has 0 radical (unpaired) electrons. The number of methoxy groups -OCH3 is 1. The standard InChI is InChI=1S/C27H33N5O5S2/c1-36-24(35)27-14-16(27)9-5-3-2-4-6-11-19(29-25(28)38)23(34)32-15-17(13-20(32)22(33)31-27)37-26-30-18-10-7-8-12-21(18)39-26/h5,7-10,12,16-17,19-20H,2-4,6,11,13-15H2,1H3,(H,31,33)(H3,28,29,38)/b9-5-/t16-,17+,19-,20-,27+/m0/s1. The number of ether oxygens (including phenoxy) is 2. The molecule has 2 aliphatic heterocycles. The molecule has 10 nitrogen and oxygen atoms in total. The van der Waals surface area contributed by atoms with Crippen molar-refractivity contribution in [3.63, 3.8) is 0 Å². The molecule has 5 rings (SSSR count). The molecule has 1 aliphatic carbocycles. The highest BCUT2D eigenvalue weighted by atomic mass is 32.1. The van der Waals surface area contributed by atoms with E-state index in [1.54, 1.807) is 0 Å². The Balaban J connectivity index is 1.42. The number of nitrogens with one attached hydrogen (secondary N) is 2. The van der Waals surface area contributed by atoms with Gasteiger partial charge in [0.1, 0.15) is 23.7 Å². The number of hydrogen-bond donors (Lipinski definition) is 3. The molecule has 0 unspecified atom stereocenters. The summed E-state index contributed by atoms with van der Waals surface area (Å²) in [4.78, 5) is 46.4. The second-order valence-electron chi connectivity index (χ2n) is 10.3. The number of esters is 1. The van der Waals surface area contributed by atoms with Gasteiger partial charge in [-0.2, -0.15) is 0 Å². The Morgan fingerprint density at radius 1 is 1.28 bits per heavy atom. The second-order valence-corrected chi connectivity index (χ2v) is 11.8. The van der Waals surface area contributed by atoms with Crippen LogP contribution < -0.4 is 21.1 Å². The zero-order valence-electron chi connectivity index (χ0n) is 21.8. The fourth-order valence-electron chi connectivity index (χ4n) is 5.53. The van der Waals surface area contributed by atoms with Crippen molar-refractivity contribution in [3.05, 3.63) is 36.4 Å². The van der Waals surface area contributed by atoms with Crippen LogP contribution in [0.5, 0.6) is 5.19 Å². The van der Waals surface area contributed by atoms with Crippen molar-refractivity contribution in [2.24, 2.45) is 11.7 Å². The van der Waals surface area contributed by atoms with Crippen LogP contribution in [0.15, 0.2) is 36.4 Å². The van der Waals surface area contributed by atoms with Gasteiger partial charge in [0.05, 0.1) is 23.9 Å². The Bertz CT molecular complexity index is 1270. The number of allylic oxidation sites excluding steroid dienone is 1. The Morgan fingerprint density at radius 3 is 2.87 bits per heavy atom. The first-order valence-corrected chi connectivity index (χ1v) is 14.5. The molecule has 12 heteroatoms. The van der Waals surface area contributed by atoms with E-state index in [-0.39, 0.29) is 29.9 Å². The molecule has 208 valence electrons. The summed E-state index contributed by atoms with van der Waals surface area (Å²) in [6, 6.07) is 6.22. The molecule has 2 amide bonds. The lowest BCUT2D eigenvalue weighted by atomic mass is 10.1. The fraction of sp³-hybridized carbons (Fsp3) is 0.519. The summed E-state index contributed by atoms with van der Waals surface area (Å²) in [5.41, 5.74) is 5.47. The fourth-order valence-corrected chi connectivity index (χ4v) is 6.55. The summed E-state index contributed by atoms with van der Waals surface area (Å²) in [6.45, 7) is 0.191. The maximum atomic E-state index is 13.8. The third-order valence-electron chi connectivity index (χ3n) is 7.65. The van der Waals surface area contributed by atoms with Crippen molar-refractivity contribution in [1.82, 2.24) is 20.5 Å². The molecule has 1 saturated heterocycles. The molecular weight excluding hydrogens is 538 g/mol. The highest BCUT2D eigenvalue weighted by Crippen LogP contribution is 2.46. The Morgan fingerprint density at radius 2 is 2.10 bits per heavy atom. The first-order valence-electron chi connectivity index (χ1n) is 13.3. The SMILES string of the molecule is COC(=O)[C@@]12C[C@@H]1/C=C\CCCCC[C@H](NC(N)=S)C(=O)N1C[C@H](Oc3nc4ccccc4s3)C[C@H]1C(=O)N2. The number of carbonyl (C=O) groups is 3. The molecule has 0 spiro atoms. The molecule has 3 aliphatic rings. The van der Waals surface area contributed by atoms with Crippen LogP contribution in [0.2, 0.25) is 0 Å². The van der Waals surface area contributed by atoms with Crippen LogP contribution in [-0.2, 0) is 19.1 Å². The number of hydrogen-bond acceptors (Lipinski definition) is 8. The highest BCUT2D eigenvalue weighted by molar-refractivity contribution is 7.80. The van der Waals surface area contributed by atoms with Gasteiger partial charge in [-0.15, -0.1) is 0 Å². The largest absolute Gasteiger partial charge is 0.467 e. The van der Waals surface area contributed by atoms with Crippen molar-refractivity contribution in [3.8, 4) is 5.19 Å². The van der Waals surface area contributed by atoms with Crippen molar-refractivity contribution in [2.45, 2.75) is 68.7 Å². The van der Waals surface area contributed by atoms with Gasteiger partial charge in [-0.3, -0.25) is 9.59 Å². The second kappa shape index (κ2) is 11.5. The average molecular weight is 572 g/mol. The predicted molar refractivity (Wildman–Crippen MR) is 151 cm³/mol. The van der Waals surface area contributed by atoms with Crippen LogP contribution in [0, 0.1) is 5.92 Å². The van der Waals surface area contributed by atoms with Crippen LogP contribution in [0.25, 0.3) is 10.2 Å². The molecule has 1 aromatic carbocycles. The van der Waals surface area contributed by atoms with Gasteiger partial charge in [-0.25, -0.2) is 9.78 Å². The average Bonchev–Trinajstić information content (AvgIpc) is 3.22. The first-order chi connectivity index (χ1) is 18.8. The lowest BCUT2D eigenvalue weighted by Gasteiger charge is -2.29. The lowest BCUT2D eigenvalue weighted by molar-refractivity contribution is -0.148. The number of nitrogens with zero attached hydrogens (tertiary/aromatic N) is 2. The van der Waals surface area contributed by atoms with Crippen LogP contribution in [0.1, 0.15) is 44.9 Å². The molecule has 39 heavy (non-hydrogen) atoms. The summed E-state index contributed by atoms with van der Waals surface area (Å²) in [7, 11) is 1.32. The van der Waals surface area contributed by atoms with E-state index in [9.17, 15) is 14.4 Å². The normalized spacial score (nSPS) is 30.2. The number of amides is 2. The van der Waals surface area contributed by atoms with Gasteiger partial charge >= 0.3 is 5.97 Å². The van der Waals surface area contributed by atoms with E-state index in [1.807, 2.05) is 30.3 Å². The van der Waals surface area contributed by atoms with Crippen molar-refractivity contribution in [1.29, 1.82) is 0 Å². The number of aromatic nitrogens is 1. The van der Waals surface area contributed by atoms with Gasteiger partial charge in [0.2, 0.25) is 11.8 Å². The summed E-state index contributed by atoms with van der Waals surface area (Å²) in [6.07, 6.45) is 8.34. The minimum Gasteiger partial charge on any atom is -0.467 e. The number of carbonyl (C=O) groups excluding carboxylic acids is 3. The van der Waals surface area contributed by atoms with E-state index >= 15 is 0 Å². The van der Waals surface area contributed by atoms with E-state index < -0.39 is 35.6 Å². The van der Waals surface area contributed by atoms with Gasteiger partial charge < -0.3 is 30.7 Å². The van der Waals surface area contributed by atoms with E-state index in [2.05, 4.69) is 21.7 Å². The van der Waals surface area contributed by atoms with Gasteiger partial charge in [-0.05, 0) is 50.0 Å². The number of rotatable bonds is 4. The molecule has 2 aromatic rings. The molecule has 0 bridgehead atoms. The molecule has 3 heterocycles. The van der Waals surface area contributed by atoms with Crippen molar-refractivity contribution < 1.29 is 23.9 Å². The van der Waals surface area contributed by atoms with E-state index in [0.717, 1.165) is 35.9 Å². The Hall–Kier alpha value is -3.25. The predicted octanol–water partition coefficient (Wildman–Crippen LogP) is 2.41. The molecule has 2 fully saturated rings. The molecule has 1 saturated carbocycles. The Labute approximate surface area is 236 Å². The number of benzene rings is 1. The van der Waals surface area contributed by atoms with Gasteiger partial charge in [-0.1, -0.05) is 48.5 Å². The topological polar surface area (TPSA) is 136 Å². The summed E-state index contributed by atoms with van der Waals surface area (Å²) in [5, 5.41) is 6.38. The zero-order chi connectivity index (χ0) is 27.6. The van der Waals surface area contributed by atoms with Crippen LogP contribution >= 0.6 is 23.6 Å². The number of para-hydroxylation sites is 1. The minimum absolute atomic E-state index is 0.0298. The van der Waals surface area contributed by atoms with Crippen molar-refractivity contribution in [2.75, 3.05) is 13.7 Å². The van der Waals surface area contributed by atoms with E-state index in [4.69, 9.17) is 27.4 Å². The van der Waals surface area contributed by atoms with Gasteiger partial charge in [0, 0.05) is 12.3 Å². The molecule has 4 N–H and O–H groups in total. The maximum absolute atomic E-state index is 13.8. The minimum atomic E-state index is -1.13. The van der Waals surface area contributed by atoms with Crippen LogP contribution in [0.4, 0.5) is 0 Å². The summed E-state index contributed by atoms with van der Waals surface area (Å²) in [5.74, 6) is -1.32. The lowest BCUT2D eigenvalue weighted by Crippen LogP contribution is -2.56. The number of nitrogens with two attached hydrogens (primary N) is 1.